The maximum Gasteiger partial charge on any atom is 0.318 e. The number of fused-ring (bicyclic) bond motifs is 1. The molecule has 2 saturated carbocycles. The highest BCUT2D eigenvalue weighted by molar-refractivity contribution is 5.81. The molecule has 5 fully saturated rings. The second-order valence-corrected chi connectivity index (χ2v) is 9.41. The van der Waals surface area contributed by atoms with Crippen molar-refractivity contribution in [1.29, 1.82) is 0 Å². The van der Waals surface area contributed by atoms with Crippen molar-refractivity contribution in [2.75, 3.05) is 26.2 Å². The molecule has 3 saturated heterocycles. The van der Waals surface area contributed by atoms with E-state index in [1.165, 1.54) is 19.3 Å². The van der Waals surface area contributed by atoms with Crippen LogP contribution in [0.1, 0.15) is 64.2 Å². The van der Waals surface area contributed by atoms with Crippen LogP contribution < -0.4 is 5.32 Å². The van der Waals surface area contributed by atoms with Gasteiger partial charge in [-0.1, -0.05) is 12.8 Å². The molecule has 3 heterocycles. The maximum absolute atomic E-state index is 12.5. The van der Waals surface area contributed by atoms with Crippen LogP contribution in [0.3, 0.4) is 0 Å². The molecule has 3 amide bonds. The number of carbonyl (C=O) groups excluding carboxylic acids is 2. The molecular weight excluding hydrogens is 340 g/mol. The lowest BCUT2D eigenvalue weighted by Gasteiger charge is -2.44. The van der Waals surface area contributed by atoms with Crippen molar-refractivity contribution in [3.8, 4) is 0 Å². The molecule has 2 aliphatic carbocycles. The monoisotopic (exact) mass is 374 g/mol. The van der Waals surface area contributed by atoms with E-state index in [0.29, 0.717) is 36.0 Å². The van der Waals surface area contributed by atoms with Crippen molar-refractivity contribution in [2.45, 2.75) is 88.4 Å². The van der Waals surface area contributed by atoms with Crippen LogP contribution >= 0.6 is 0 Å². The predicted octanol–water partition coefficient (Wildman–Crippen LogP) is 2.19. The van der Waals surface area contributed by atoms with Gasteiger partial charge in [0.1, 0.15) is 0 Å². The van der Waals surface area contributed by atoms with E-state index in [-0.39, 0.29) is 6.03 Å². The molecule has 5 aliphatic rings. The maximum atomic E-state index is 12.5. The first-order valence-corrected chi connectivity index (χ1v) is 11.3. The fourth-order valence-electron chi connectivity index (χ4n) is 6.00. The zero-order chi connectivity index (χ0) is 18.4. The summed E-state index contributed by atoms with van der Waals surface area (Å²) in [5.41, 5.74) is 0. The lowest BCUT2D eigenvalue weighted by molar-refractivity contribution is -0.134. The molecule has 1 N–H and O–H groups in total. The van der Waals surface area contributed by atoms with Crippen molar-refractivity contribution >= 4 is 11.9 Å². The van der Waals surface area contributed by atoms with E-state index in [1.54, 1.807) is 0 Å². The van der Waals surface area contributed by atoms with Gasteiger partial charge in [-0.25, -0.2) is 4.79 Å². The molecule has 5 rings (SSSR count). The van der Waals surface area contributed by atoms with E-state index >= 15 is 0 Å². The Balaban J connectivity index is 1.12. The van der Waals surface area contributed by atoms with E-state index < -0.39 is 0 Å². The summed E-state index contributed by atoms with van der Waals surface area (Å²) in [5, 5.41) is 3.24. The number of hydrogen-bond acceptors (Lipinski definition) is 3. The van der Waals surface area contributed by atoms with Gasteiger partial charge in [0.05, 0.1) is 12.1 Å². The normalized spacial score (nSPS) is 33.9. The topological polar surface area (TPSA) is 55.9 Å². The summed E-state index contributed by atoms with van der Waals surface area (Å²) >= 11 is 0. The molecule has 0 spiro atoms. The van der Waals surface area contributed by atoms with E-state index in [1.807, 2.05) is 0 Å². The largest absolute Gasteiger partial charge is 0.342 e. The highest BCUT2D eigenvalue weighted by Gasteiger charge is 2.44. The Bertz CT molecular complexity index is 577. The summed E-state index contributed by atoms with van der Waals surface area (Å²) < 4.78 is 0. The Hall–Kier alpha value is -1.30. The Kier molecular flexibility index (Phi) is 4.78. The predicted molar refractivity (Wildman–Crippen MR) is 103 cm³/mol. The SMILES string of the molecule is O=C(C1CC1)N1CCC(N2CCC(N3C(=O)N[C@H]4CCCC[C@@H]43)CC2)CC1. The summed E-state index contributed by atoms with van der Waals surface area (Å²) in [6.45, 7) is 4.09. The van der Waals surface area contributed by atoms with Crippen LogP contribution in [-0.2, 0) is 4.79 Å². The Morgan fingerprint density at radius 1 is 0.815 bits per heavy atom. The molecule has 6 heteroatoms. The number of nitrogens with zero attached hydrogens (tertiary/aromatic N) is 3. The molecule has 0 unspecified atom stereocenters. The van der Waals surface area contributed by atoms with Gasteiger partial charge in [-0.2, -0.15) is 0 Å². The van der Waals surface area contributed by atoms with Gasteiger partial charge in [-0.05, 0) is 51.4 Å². The standard InChI is InChI=1S/C21H34N4O2/c26-20(15-5-6-15)24-13-7-16(8-14-24)23-11-9-17(10-12-23)25-19-4-2-1-3-18(19)22-21(25)27/h15-19H,1-14H2,(H,22,27)/t18-,19-/m0/s1. The van der Waals surface area contributed by atoms with Gasteiger partial charge >= 0.3 is 6.03 Å². The molecule has 0 aromatic rings. The summed E-state index contributed by atoms with van der Waals surface area (Å²) in [6.07, 6.45) is 11.5. The molecule has 150 valence electrons. The third-order valence-electron chi connectivity index (χ3n) is 7.74. The van der Waals surface area contributed by atoms with E-state index in [9.17, 15) is 9.59 Å². The average Bonchev–Trinajstić information content (AvgIpc) is 3.50. The van der Waals surface area contributed by atoms with Gasteiger partial charge in [0, 0.05) is 44.2 Å². The number of piperidine rings is 2. The van der Waals surface area contributed by atoms with Gasteiger partial charge in [-0.3, -0.25) is 4.79 Å². The van der Waals surface area contributed by atoms with Gasteiger partial charge in [0.15, 0.2) is 0 Å². The lowest BCUT2D eigenvalue weighted by Crippen LogP contribution is -2.53. The lowest BCUT2D eigenvalue weighted by atomic mass is 9.89. The third-order valence-corrected chi connectivity index (χ3v) is 7.74. The van der Waals surface area contributed by atoms with Crippen LogP contribution in [0.25, 0.3) is 0 Å². The van der Waals surface area contributed by atoms with Crippen LogP contribution in [-0.4, -0.2) is 77.0 Å². The van der Waals surface area contributed by atoms with Crippen LogP contribution in [0.2, 0.25) is 0 Å². The minimum absolute atomic E-state index is 0.192. The second-order valence-electron chi connectivity index (χ2n) is 9.41. The summed E-state index contributed by atoms with van der Waals surface area (Å²) in [5.74, 6) is 0.766. The zero-order valence-electron chi connectivity index (χ0n) is 16.4. The van der Waals surface area contributed by atoms with Crippen molar-refractivity contribution in [3.05, 3.63) is 0 Å². The second kappa shape index (κ2) is 7.26. The number of hydrogen-bond donors (Lipinski definition) is 1. The van der Waals surface area contributed by atoms with Crippen LogP contribution in [0, 0.1) is 5.92 Å². The Morgan fingerprint density at radius 2 is 1.48 bits per heavy atom. The number of likely N-dealkylation sites (tertiary alicyclic amines) is 2. The first kappa shape index (κ1) is 17.8. The molecule has 2 atom stereocenters. The number of nitrogens with one attached hydrogen (secondary N) is 1. The highest BCUT2D eigenvalue weighted by atomic mass is 16.2. The molecule has 0 bridgehead atoms. The molecular formula is C21H34N4O2. The summed E-state index contributed by atoms with van der Waals surface area (Å²) in [4.78, 5) is 31.8. The molecule has 27 heavy (non-hydrogen) atoms. The van der Waals surface area contributed by atoms with E-state index in [0.717, 1.165) is 71.1 Å². The number of carbonyl (C=O) groups is 2. The quantitative estimate of drug-likeness (QED) is 0.824. The van der Waals surface area contributed by atoms with Gasteiger partial charge in [0.25, 0.3) is 0 Å². The van der Waals surface area contributed by atoms with E-state index in [4.69, 9.17) is 0 Å². The van der Waals surface area contributed by atoms with Gasteiger partial charge in [-0.15, -0.1) is 0 Å². The van der Waals surface area contributed by atoms with Crippen LogP contribution in [0.15, 0.2) is 0 Å². The molecule has 0 aromatic heterocycles. The van der Waals surface area contributed by atoms with Crippen molar-refractivity contribution < 1.29 is 9.59 Å². The van der Waals surface area contributed by atoms with Crippen LogP contribution in [0.5, 0.6) is 0 Å². The zero-order valence-corrected chi connectivity index (χ0v) is 16.4. The van der Waals surface area contributed by atoms with E-state index in [2.05, 4.69) is 20.0 Å². The fraction of sp³-hybridized carbons (Fsp3) is 0.905. The number of urea groups is 1. The molecule has 6 nitrogen and oxygen atoms in total. The number of rotatable bonds is 3. The summed E-state index contributed by atoms with van der Waals surface area (Å²) in [7, 11) is 0. The average molecular weight is 375 g/mol. The van der Waals surface area contributed by atoms with Gasteiger partial charge < -0.3 is 20.0 Å². The molecule has 3 aliphatic heterocycles. The molecule has 0 aromatic carbocycles. The third kappa shape index (κ3) is 3.45. The molecule has 0 radical (unpaired) electrons. The highest BCUT2D eigenvalue weighted by Crippen LogP contribution is 2.34. The summed E-state index contributed by atoms with van der Waals surface area (Å²) in [6, 6.07) is 2.09. The Morgan fingerprint density at radius 3 is 2.19 bits per heavy atom. The van der Waals surface area contributed by atoms with Crippen molar-refractivity contribution in [1.82, 2.24) is 20.0 Å². The van der Waals surface area contributed by atoms with Crippen LogP contribution in [0.4, 0.5) is 4.79 Å². The van der Waals surface area contributed by atoms with Gasteiger partial charge in [0.2, 0.25) is 5.91 Å². The number of amides is 3. The van der Waals surface area contributed by atoms with Crippen molar-refractivity contribution in [3.63, 3.8) is 0 Å². The fourth-order valence-corrected chi connectivity index (χ4v) is 6.00. The van der Waals surface area contributed by atoms with Crippen molar-refractivity contribution in [2.24, 2.45) is 5.92 Å². The smallest absolute Gasteiger partial charge is 0.318 e. The first-order valence-electron chi connectivity index (χ1n) is 11.3. The first-order chi connectivity index (χ1) is 13.2. The minimum Gasteiger partial charge on any atom is -0.342 e. The Labute approximate surface area is 162 Å². The minimum atomic E-state index is 0.192.